The Morgan fingerprint density at radius 2 is 1.34 bits per heavy atom. The molecule has 4 aromatic carbocycles. The van der Waals surface area contributed by atoms with Crippen molar-refractivity contribution < 1.29 is 19.1 Å². The topological polar surface area (TPSA) is 67.9 Å². The highest BCUT2D eigenvalue weighted by atomic mass is 16.5. The number of hydrogen-bond donors (Lipinski definition) is 1. The maximum atomic E-state index is 13.7. The number of nitrogens with zero attached hydrogens (tertiary/aromatic N) is 1. The van der Waals surface area contributed by atoms with Gasteiger partial charge in [-0.05, 0) is 47.4 Å². The predicted molar refractivity (Wildman–Crippen MR) is 148 cm³/mol. The van der Waals surface area contributed by atoms with Crippen molar-refractivity contribution in [1.82, 2.24) is 10.2 Å². The van der Waals surface area contributed by atoms with E-state index in [1.54, 1.807) is 24.1 Å². The number of ether oxygens (including phenoxy) is 2. The number of nitrogens with one attached hydrogen (secondary N) is 1. The zero-order chi connectivity index (χ0) is 26.6. The van der Waals surface area contributed by atoms with E-state index in [4.69, 9.17) is 9.47 Å². The van der Waals surface area contributed by atoms with Gasteiger partial charge in [0, 0.05) is 13.1 Å². The molecule has 1 atom stereocenters. The zero-order valence-electron chi connectivity index (χ0n) is 21.5. The average Bonchev–Trinajstić information content (AvgIpc) is 2.97. The Bertz CT molecular complexity index is 1280. The smallest absolute Gasteiger partial charge is 0.261 e. The van der Waals surface area contributed by atoms with Crippen molar-refractivity contribution in [3.8, 4) is 11.5 Å². The number of carbonyl (C=O) groups excluding carboxylic acids is 2. The van der Waals surface area contributed by atoms with Crippen LogP contribution in [0, 0.1) is 0 Å². The van der Waals surface area contributed by atoms with Crippen LogP contribution in [-0.2, 0) is 22.6 Å². The van der Waals surface area contributed by atoms with E-state index in [1.807, 2.05) is 103 Å². The minimum Gasteiger partial charge on any atom is -0.497 e. The molecule has 1 N–H and O–H groups in total. The molecule has 4 rings (SSSR count). The molecule has 6 heteroatoms. The van der Waals surface area contributed by atoms with Gasteiger partial charge in [-0.25, -0.2) is 0 Å². The predicted octanol–water partition coefficient (Wildman–Crippen LogP) is 5.20. The lowest BCUT2D eigenvalue weighted by Crippen LogP contribution is -2.45. The normalized spacial score (nSPS) is 11.3. The lowest BCUT2D eigenvalue weighted by Gasteiger charge is -2.31. The van der Waals surface area contributed by atoms with Gasteiger partial charge in [0.1, 0.15) is 17.5 Å². The third-order valence-corrected chi connectivity index (χ3v) is 6.17. The molecule has 0 unspecified atom stereocenters. The maximum absolute atomic E-state index is 13.7. The van der Waals surface area contributed by atoms with E-state index in [0.717, 1.165) is 22.4 Å². The highest BCUT2D eigenvalue weighted by Gasteiger charge is 2.31. The largest absolute Gasteiger partial charge is 0.497 e. The summed E-state index contributed by atoms with van der Waals surface area (Å²) < 4.78 is 11.1. The van der Waals surface area contributed by atoms with Crippen LogP contribution in [0.3, 0.4) is 0 Å². The maximum Gasteiger partial charge on any atom is 0.261 e. The number of hydrogen-bond acceptors (Lipinski definition) is 4. The van der Waals surface area contributed by atoms with E-state index in [0.29, 0.717) is 18.7 Å². The second kappa shape index (κ2) is 13.7. The van der Waals surface area contributed by atoms with Crippen molar-refractivity contribution >= 4 is 11.8 Å². The van der Waals surface area contributed by atoms with Crippen LogP contribution in [0.2, 0.25) is 0 Å². The molecule has 0 spiro atoms. The molecule has 0 heterocycles. The highest BCUT2D eigenvalue weighted by Crippen LogP contribution is 2.25. The number of rotatable bonds is 12. The molecule has 0 saturated heterocycles. The number of amides is 2. The van der Waals surface area contributed by atoms with Crippen LogP contribution < -0.4 is 14.8 Å². The molecule has 0 saturated carbocycles. The highest BCUT2D eigenvalue weighted by molar-refractivity contribution is 5.89. The first-order valence-corrected chi connectivity index (χ1v) is 12.6. The third kappa shape index (κ3) is 7.46. The number of methoxy groups -OCH3 is 1. The summed E-state index contributed by atoms with van der Waals surface area (Å²) in [7, 11) is 1.61. The molecule has 0 aliphatic rings. The molecular formula is C32H32N2O4. The molecule has 0 fully saturated rings. The molecule has 194 valence electrons. The van der Waals surface area contributed by atoms with E-state index in [1.165, 1.54) is 0 Å². The lowest BCUT2D eigenvalue weighted by molar-refractivity contribution is -0.143. The summed E-state index contributed by atoms with van der Waals surface area (Å²) in [4.78, 5) is 28.9. The van der Waals surface area contributed by atoms with Crippen LogP contribution in [-0.4, -0.2) is 37.0 Å². The van der Waals surface area contributed by atoms with Crippen molar-refractivity contribution in [3.05, 3.63) is 132 Å². The minimum absolute atomic E-state index is 0.194. The van der Waals surface area contributed by atoms with Gasteiger partial charge in [-0.15, -0.1) is 0 Å². The van der Waals surface area contributed by atoms with Crippen LogP contribution in [0.5, 0.6) is 11.5 Å². The fourth-order valence-electron chi connectivity index (χ4n) is 4.18. The number of carbonyl (C=O) groups is 2. The summed E-state index contributed by atoms with van der Waals surface area (Å²) in [6.45, 7) is 0.491. The van der Waals surface area contributed by atoms with Gasteiger partial charge < -0.3 is 19.7 Å². The van der Waals surface area contributed by atoms with Crippen LogP contribution in [0.4, 0.5) is 0 Å². The van der Waals surface area contributed by atoms with Crippen molar-refractivity contribution in [1.29, 1.82) is 0 Å². The van der Waals surface area contributed by atoms with Crippen LogP contribution >= 0.6 is 0 Å². The Hall–Kier alpha value is -4.58. The number of para-hydroxylation sites is 1. The molecule has 0 aromatic heterocycles. The second-order valence-corrected chi connectivity index (χ2v) is 8.81. The van der Waals surface area contributed by atoms with Crippen molar-refractivity contribution in [2.45, 2.75) is 19.0 Å². The molecule has 0 radical (unpaired) electrons. The van der Waals surface area contributed by atoms with Crippen molar-refractivity contribution in [2.24, 2.45) is 0 Å². The summed E-state index contributed by atoms with van der Waals surface area (Å²) in [6.07, 6.45) is 0.692. The molecule has 0 aliphatic carbocycles. The van der Waals surface area contributed by atoms with Gasteiger partial charge in [-0.1, -0.05) is 91.0 Å². The molecular weight excluding hydrogens is 476 g/mol. The molecule has 0 aliphatic heterocycles. The van der Waals surface area contributed by atoms with Crippen LogP contribution in [0.15, 0.2) is 115 Å². The van der Waals surface area contributed by atoms with E-state index in [9.17, 15) is 9.59 Å². The fourth-order valence-corrected chi connectivity index (χ4v) is 4.18. The van der Waals surface area contributed by atoms with Gasteiger partial charge in [0.15, 0.2) is 6.61 Å². The SMILES string of the molecule is COc1ccc(CN(C(=O)COc2ccccc2)[C@@H](C(=O)NCCc2ccccc2)c2ccccc2)cc1. The summed E-state index contributed by atoms with van der Waals surface area (Å²) in [6, 6.07) is 35.2. The average molecular weight is 509 g/mol. The summed E-state index contributed by atoms with van der Waals surface area (Å²) in [5.74, 6) is 0.775. The van der Waals surface area contributed by atoms with Gasteiger partial charge in [0.25, 0.3) is 5.91 Å². The van der Waals surface area contributed by atoms with Crippen molar-refractivity contribution in [2.75, 3.05) is 20.3 Å². The molecule has 4 aromatic rings. The van der Waals surface area contributed by atoms with Gasteiger partial charge in [-0.3, -0.25) is 9.59 Å². The Kier molecular flexibility index (Phi) is 9.51. The first-order chi connectivity index (χ1) is 18.6. The first-order valence-electron chi connectivity index (χ1n) is 12.6. The second-order valence-electron chi connectivity index (χ2n) is 8.81. The monoisotopic (exact) mass is 508 g/mol. The quantitative estimate of drug-likeness (QED) is 0.286. The fraction of sp³-hybridized carbons (Fsp3) is 0.188. The van der Waals surface area contributed by atoms with Crippen LogP contribution in [0.1, 0.15) is 22.7 Å². The first kappa shape index (κ1) is 26.5. The summed E-state index contributed by atoms with van der Waals surface area (Å²) in [5, 5.41) is 3.05. The Balaban J connectivity index is 1.59. The molecule has 6 nitrogen and oxygen atoms in total. The Morgan fingerprint density at radius 1 is 0.737 bits per heavy atom. The summed E-state index contributed by atoms with van der Waals surface area (Å²) in [5.41, 5.74) is 2.73. The number of benzene rings is 4. The zero-order valence-corrected chi connectivity index (χ0v) is 21.5. The Morgan fingerprint density at radius 3 is 1.97 bits per heavy atom. The molecule has 2 amide bonds. The summed E-state index contributed by atoms with van der Waals surface area (Å²) >= 11 is 0. The van der Waals surface area contributed by atoms with E-state index in [-0.39, 0.29) is 25.0 Å². The standard InChI is InChI=1S/C32H32N2O4/c1-37-28-19-17-26(18-20-28)23-34(30(35)24-38-29-15-9-4-10-16-29)31(27-13-7-3-8-14-27)32(36)33-22-21-25-11-5-2-6-12-25/h2-20,31H,21-24H2,1H3,(H,33,36)/t31-/m1/s1. The minimum atomic E-state index is -0.832. The van der Waals surface area contributed by atoms with Gasteiger partial charge >= 0.3 is 0 Å². The van der Waals surface area contributed by atoms with Crippen molar-refractivity contribution in [3.63, 3.8) is 0 Å². The van der Waals surface area contributed by atoms with Crippen LogP contribution in [0.25, 0.3) is 0 Å². The van der Waals surface area contributed by atoms with E-state index >= 15 is 0 Å². The Labute approximate surface area is 223 Å². The van der Waals surface area contributed by atoms with Gasteiger partial charge in [-0.2, -0.15) is 0 Å². The molecule has 0 bridgehead atoms. The van der Waals surface area contributed by atoms with E-state index < -0.39 is 6.04 Å². The molecule has 38 heavy (non-hydrogen) atoms. The van der Waals surface area contributed by atoms with Gasteiger partial charge in [0.05, 0.1) is 7.11 Å². The lowest BCUT2D eigenvalue weighted by atomic mass is 10.0. The third-order valence-electron chi connectivity index (χ3n) is 6.17. The van der Waals surface area contributed by atoms with Gasteiger partial charge in [0.2, 0.25) is 5.91 Å². The van der Waals surface area contributed by atoms with E-state index in [2.05, 4.69) is 5.32 Å².